The lowest BCUT2D eigenvalue weighted by Gasteiger charge is -2.21. The summed E-state index contributed by atoms with van der Waals surface area (Å²) < 4.78 is 5.02. The van der Waals surface area contributed by atoms with E-state index in [1.807, 2.05) is 0 Å². The van der Waals surface area contributed by atoms with Gasteiger partial charge >= 0.3 is 0 Å². The highest BCUT2D eigenvalue weighted by Crippen LogP contribution is 2.12. The van der Waals surface area contributed by atoms with E-state index in [1.165, 1.54) is 0 Å². The van der Waals surface area contributed by atoms with E-state index in [1.54, 1.807) is 42.6 Å². The third kappa shape index (κ3) is 3.28. The molecule has 1 aromatic carbocycles. The van der Waals surface area contributed by atoms with Crippen LogP contribution in [0.15, 0.2) is 30.6 Å². The van der Waals surface area contributed by atoms with Gasteiger partial charge in [0.2, 0.25) is 0 Å². The molecule has 1 amide bonds. The molecule has 6 heteroatoms. The molecule has 2 rings (SSSR count). The second-order valence-electron chi connectivity index (χ2n) is 4.33. The van der Waals surface area contributed by atoms with E-state index in [4.69, 9.17) is 10.5 Å². The number of nitrogens with two attached hydrogens (primary N) is 1. The number of fused-ring (bicyclic) bond motifs is 1. The highest BCUT2D eigenvalue weighted by atomic mass is 16.5. The van der Waals surface area contributed by atoms with Gasteiger partial charge in [0.05, 0.1) is 17.6 Å². The van der Waals surface area contributed by atoms with Crippen LogP contribution in [0.1, 0.15) is 10.4 Å². The molecule has 0 aliphatic rings. The number of benzene rings is 1. The molecular formula is C14H18N4O2. The number of hydrogen-bond acceptors (Lipinski definition) is 5. The summed E-state index contributed by atoms with van der Waals surface area (Å²) in [5.74, 6) is -0.0694. The maximum atomic E-state index is 12.5. The summed E-state index contributed by atoms with van der Waals surface area (Å²) in [5.41, 5.74) is 7.61. The summed E-state index contributed by atoms with van der Waals surface area (Å²) in [4.78, 5) is 22.5. The van der Waals surface area contributed by atoms with Crippen LogP contribution in [0.2, 0.25) is 0 Å². The van der Waals surface area contributed by atoms with Gasteiger partial charge in [-0.25, -0.2) is 0 Å². The van der Waals surface area contributed by atoms with Gasteiger partial charge in [-0.1, -0.05) is 0 Å². The maximum absolute atomic E-state index is 12.5. The molecule has 0 saturated carbocycles. The van der Waals surface area contributed by atoms with Crippen LogP contribution in [0.4, 0.5) is 0 Å². The number of carbonyl (C=O) groups excluding carboxylic acids is 1. The van der Waals surface area contributed by atoms with Crippen molar-refractivity contribution in [2.75, 3.05) is 33.4 Å². The number of aromatic nitrogens is 2. The summed E-state index contributed by atoms with van der Waals surface area (Å²) in [5, 5.41) is 0. The standard InChI is InChI=1S/C14H18N4O2/c1-20-9-8-18(7-4-15)14(19)11-2-3-12-13(10-11)17-6-5-16-12/h2-3,5-6,10H,4,7-9,15H2,1H3. The molecular weight excluding hydrogens is 256 g/mol. The maximum Gasteiger partial charge on any atom is 0.254 e. The van der Waals surface area contributed by atoms with Gasteiger partial charge in [0, 0.05) is 44.7 Å². The van der Waals surface area contributed by atoms with Crippen LogP contribution in [0.25, 0.3) is 11.0 Å². The van der Waals surface area contributed by atoms with E-state index in [9.17, 15) is 4.79 Å². The summed E-state index contributed by atoms with van der Waals surface area (Å²) in [6.07, 6.45) is 3.24. The van der Waals surface area contributed by atoms with E-state index >= 15 is 0 Å². The van der Waals surface area contributed by atoms with Gasteiger partial charge in [-0.15, -0.1) is 0 Å². The molecule has 0 saturated heterocycles. The molecule has 0 atom stereocenters. The molecule has 106 valence electrons. The van der Waals surface area contributed by atoms with Crippen LogP contribution in [0.5, 0.6) is 0 Å². The first kappa shape index (κ1) is 14.4. The Morgan fingerprint density at radius 3 is 2.70 bits per heavy atom. The Kier molecular flexibility index (Phi) is 4.97. The predicted octanol–water partition coefficient (Wildman–Crippen LogP) is 0.677. The van der Waals surface area contributed by atoms with Crippen LogP contribution >= 0.6 is 0 Å². The number of methoxy groups -OCH3 is 1. The first-order valence-electron chi connectivity index (χ1n) is 6.45. The Hall–Kier alpha value is -2.05. The van der Waals surface area contributed by atoms with E-state index in [0.717, 1.165) is 5.52 Å². The van der Waals surface area contributed by atoms with Crippen LogP contribution in [0, 0.1) is 0 Å². The Morgan fingerprint density at radius 2 is 2.00 bits per heavy atom. The normalized spacial score (nSPS) is 10.7. The predicted molar refractivity (Wildman–Crippen MR) is 76.4 cm³/mol. The highest BCUT2D eigenvalue weighted by Gasteiger charge is 2.15. The average molecular weight is 274 g/mol. The van der Waals surface area contributed by atoms with Gasteiger partial charge < -0.3 is 15.4 Å². The van der Waals surface area contributed by atoms with Crippen LogP contribution in [-0.4, -0.2) is 54.1 Å². The van der Waals surface area contributed by atoms with Crippen molar-refractivity contribution in [3.63, 3.8) is 0 Å². The number of amides is 1. The van der Waals surface area contributed by atoms with Crippen molar-refractivity contribution in [2.24, 2.45) is 5.73 Å². The van der Waals surface area contributed by atoms with Gasteiger partial charge in [0.1, 0.15) is 0 Å². The number of hydrogen-bond donors (Lipinski definition) is 1. The van der Waals surface area contributed by atoms with Gasteiger partial charge in [0.15, 0.2) is 0 Å². The zero-order valence-electron chi connectivity index (χ0n) is 11.5. The highest BCUT2D eigenvalue weighted by molar-refractivity contribution is 5.97. The van der Waals surface area contributed by atoms with Crippen molar-refractivity contribution >= 4 is 16.9 Å². The van der Waals surface area contributed by atoms with Crippen molar-refractivity contribution < 1.29 is 9.53 Å². The molecule has 0 fully saturated rings. The monoisotopic (exact) mass is 274 g/mol. The van der Waals surface area contributed by atoms with Gasteiger partial charge in [-0.2, -0.15) is 0 Å². The summed E-state index contributed by atoms with van der Waals surface area (Å²) >= 11 is 0. The number of rotatable bonds is 6. The van der Waals surface area contributed by atoms with Crippen molar-refractivity contribution in [1.29, 1.82) is 0 Å². The fourth-order valence-electron chi connectivity index (χ4n) is 1.95. The zero-order valence-corrected chi connectivity index (χ0v) is 11.5. The topological polar surface area (TPSA) is 81.3 Å². The van der Waals surface area contributed by atoms with E-state index in [0.29, 0.717) is 37.3 Å². The number of nitrogens with zero attached hydrogens (tertiary/aromatic N) is 3. The van der Waals surface area contributed by atoms with Crippen LogP contribution in [0.3, 0.4) is 0 Å². The van der Waals surface area contributed by atoms with E-state index < -0.39 is 0 Å². The number of ether oxygens (including phenoxy) is 1. The van der Waals surface area contributed by atoms with Crippen molar-refractivity contribution in [3.8, 4) is 0 Å². The van der Waals surface area contributed by atoms with Gasteiger partial charge in [-0.3, -0.25) is 14.8 Å². The summed E-state index contributed by atoms with van der Waals surface area (Å²) in [6, 6.07) is 5.31. The smallest absolute Gasteiger partial charge is 0.254 e. The summed E-state index contributed by atoms with van der Waals surface area (Å²) in [6.45, 7) is 1.92. The third-order valence-corrected chi connectivity index (χ3v) is 2.97. The lowest BCUT2D eigenvalue weighted by atomic mass is 10.1. The zero-order chi connectivity index (χ0) is 14.4. The fraction of sp³-hybridized carbons (Fsp3) is 0.357. The minimum Gasteiger partial charge on any atom is -0.383 e. The minimum atomic E-state index is -0.0694. The van der Waals surface area contributed by atoms with Gasteiger partial charge in [-0.05, 0) is 18.2 Å². The lowest BCUT2D eigenvalue weighted by molar-refractivity contribution is 0.0701. The Labute approximate surface area is 117 Å². The molecule has 20 heavy (non-hydrogen) atoms. The Balaban J connectivity index is 2.23. The molecule has 0 unspecified atom stereocenters. The Morgan fingerprint density at radius 1 is 1.25 bits per heavy atom. The minimum absolute atomic E-state index is 0.0694. The second kappa shape index (κ2) is 6.93. The van der Waals surface area contributed by atoms with Crippen LogP contribution < -0.4 is 5.73 Å². The molecule has 0 aliphatic heterocycles. The van der Waals surface area contributed by atoms with Crippen molar-refractivity contribution in [1.82, 2.24) is 14.9 Å². The summed E-state index contributed by atoms with van der Waals surface area (Å²) in [7, 11) is 1.61. The van der Waals surface area contributed by atoms with Crippen molar-refractivity contribution in [3.05, 3.63) is 36.2 Å². The second-order valence-corrected chi connectivity index (χ2v) is 4.33. The average Bonchev–Trinajstić information content (AvgIpc) is 2.50. The molecule has 0 aliphatic carbocycles. The first-order chi connectivity index (χ1) is 9.76. The molecule has 2 aromatic rings. The first-order valence-corrected chi connectivity index (χ1v) is 6.45. The van der Waals surface area contributed by atoms with E-state index in [-0.39, 0.29) is 5.91 Å². The van der Waals surface area contributed by atoms with Crippen LogP contribution in [-0.2, 0) is 4.74 Å². The third-order valence-electron chi connectivity index (χ3n) is 2.97. The van der Waals surface area contributed by atoms with Crippen molar-refractivity contribution in [2.45, 2.75) is 0 Å². The van der Waals surface area contributed by atoms with E-state index in [2.05, 4.69) is 9.97 Å². The quantitative estimate of drug-likeness (QED) is 0.837. The largest absolute Gasteiger partial charge is 0.383 e. The molecule has 1 heterocycles. The van der Waals surface area contributed by atoms with Gasteiger partial charge in [0.25, 0.3) is 5.91 Å². The lowest BCUT2D eigenvalue weighted by Crippen LogP contribution is -2.37. The molecule has 2 N–H and O–H groups in total. The SMILES string of the molecule is COCCN(CCN)C(=O)c1ccc2nccnc2c1. The fourth-order valence-corrected chi connectivity index (χ4v) is 1.95. The molecule has 0 radical (unpaired) electrons. The number of carbonyl (C=O) groups is 1. The molecule has 0 bridgehead atoms. The molecule has 0 spiro atoms. The molecule has 6 nitrogen and oxygen atoms in total. The molecule has 1 aromatic heterocycles. The Bertz CT molecular complexity index is 588.